The maximum Gasteiger partial charge on any atom is 0.252 e. The monoisotopic (exact) mass is 421 g/mol. The van der Waals surface area contributed by atoms with Crippen molar-refractivity contribution in [1.29, 1.82) is 0 Å². The molecule has 1 atom stereocenters. The van der Waals surface area contributed by atoms with Crippen LogP contribution in [0.3, 0.4) is 0 Å². The Hall–Kier alpha value is -2.04. The maximum absolute atomic E-state index is 13.0. The smallest absolute Gasteiger partial charge is 0.252 e. The van der Waals surface area contributed by atoms with Crippen molar-refractivity contribution in [3.63, 3.8) is 0 Å². The fourth-order valence-corrected chi connectivity index (χ4v) is 6.41. The van der Waals surface area contributed by atoms with Gasteiger partial charge in [0.25, 0.3) is 10.0 Å². The normalized spacial score (nSPS) is 21.6. The molecule has 0 bridgehead atoms. The topological polar surface area (TPSA) is 86.7 Å². The first-order chi connectivity index (χ1) is 13.6. The Morgan fingerprint density at radius 2 is 1.82 bits per heavy atom. The molecule has 4 rings (SSSR count). The van der Waals surface area contributed by atoms with Gasteiger partial charge in [-0.2, -0.15) is 4.31 Å². The molecule has 0 saturated carbocycles. The Kier molecular flexibility index (Phi) is 5.61. The fraction of sp³-hybridized carbons (Fsp3) is 0.500. The SMILES string of the molecule is O=C([C@@H]1CCCN(S(=O)(=O)c2cccs2)C1)N1CCN(c2ncccn2)CC1. The molecule has 0 N–H and O–H groups in total. The van der Waals surface area contributed by atoms with E-state index in [9.17, 15) is 13.2 Å². The minimum absolute atomic E-state index is 0.0553. The van der Waals surface area contributed by atoms with Crippen molar-refractivity contribution < 1.29 is 13.2 Å². The first kappa shape index (κ1) is 19.3. The molecule has 2 aromatic rings. The van der Waals surface area contributed by atoms with Gasteiger partial charge in [-0.15, -0.1) is 11.3 Å². The van der Waals surface area contributed by atoms with Crippen molar-refractivity contribution in [2.75, 3.05) is 44.2 Å². The van der Waals surface area contributed by atoms with Gasteiger partial charge in [0.1, 0.15) is 4.21 Å². The van der Waals surface area contributed by atoms with Crippen molar-refractivity contribution in [3.05, 3.63) is 36.0 Å². The molecule has 150 valence electrons. The summed E-state index contributed by atoms with van der Waals surface area (Å²) in [6, 6.07) is 5.14. The molecule has 2 aliphatic rings. The van der Waals surface area contributed by atoms with Gasteiger partial charge in [0, 0.05) is 51.7 Å². The van der Waals surface area contributed by atoms with Gasteiger partial charge >= 0.3 is 0 Å². The van der Waals surface area contributed by atoms with Crippen LogP contribution in [0.2, 0.25) is 0 Å². The summed E-state index contributed by atoms with van der Waals surface area (Å²) in [5.74, 6) is 0.461. The highest BCUT2D eigenvalue weighted by molar-refractivity contribution is 7.91. The molecule has 0 spiro atoms. The second-order valence-corrected chi connectivity index (χ2v) is 10.1. The van der Waals surface area contributed by atoms with E-state index in [0.717, 1.165) is 6.42 Å². The highest BCUT2D eigenvalue weighted by Gasteiger charge is 2.36. The third-order valence-corrected chi connectivity index (χ3v) is 8.49. The van der Waals surface area contributed by atoms with E-state index in [1.165, 1.54) is 15.6 Å². The van der Waals surface area contributed by atoms with Gasteiger partial charge in [-0.05, 0) is 30.4 Å². The number of aromatic nitrogens is 2. The van der Waals surface area contributed by atoms with E-state index in [1.54, 1.807) is 36.0 Å². The third kappa shape index (κ3) is 3.89. The lowest BCUT2D eigenvalue weighted by atomic mass is 9.98. The first-order valence-corrected chi connectivity index (χ1v) is 11.7. The number of sulfonamides is 1. The molecule has 0 aromatic carbocycles. The number of piperazine rings is 1. The summed E-state index contributed by atoms with van der Waals surface area (Å²) in [6.07, 6.45) is 4.87. The summed E-state index contributed by atoms with van der Waals surface area (Å²) in [4.78, 5) is 25.5. The number of carbonyl (C=O) groups excluding carboxylic acids is 1. The lowest BCUT2D eigenvalue weighted by molar-refractivity contribution is -0.137. The molecule has 1 amide bonds. The molecule has 2 aliphatic heterocycles. The minimum atomic E-state index is -3.50. The molecule has 0 aliphatic carbocycles. The van der Waals surface area contributed by atoms with E-state index in [-0.39, 0.29) is 18.4 Å². The van der Waals surface area contributed by atoms with Crippen molar-refractivity contribution in [1.82, 2.24) is 19.2 Å². The molecule has 28 heavy (non-hydrogen) atoms. The minimum Gasteiger partial charge on any atom is -0.339 e. The Morgan fingerprint density at radius 1 is 1.07 bits per heavy atom. The number of hydrogen-bond donors (Lipinski definition) is 0. The Balaban J connectivity index is 1.37. The lowest BCUT2D eigenvalue weighted by Crippen LogP contribution is -2.53. The van der Waals surface area contributed by atoms with E-state index in [0.29, 0.717) is 49.3 Å². The van der Waals surface area contributed by atoms with Crippen LogP contribution in [0.1, 0.15) is 12.8 Å². The van der Waals surface area contributed by atoms with Crippen molar-refractivity contribution in [2.45, 2.75) is 17.1 Å². The van der Waals surface area contributed by atoms with Crippen molar-refractivity contribution >= 4 is 33.2 Å². The Labute approximate surface area is 168 Å². The zero-order valence-corrected chi connectivity index (χ0v) is 17.1. The number of carbonyl (C=O) groups is 1. The number of rotatable bonds is 4. The van der Waals surface area contributed by atoms with Gasteiger partial charge in [0.15, 0.2) is 0 Å². The molecule has 2 aromatic heterocycles. The van der Waals surface area contributed by atoms with E-state index in [1.807, 2.05) is 4.90 Å². The molecule has 8 nitrogen and oxygen atoms in total. The lowest BCUT2D eigenvalue weighted by Gasteiger charge is -2.38. The molecule has 2 fully saturated rings. The average molecular weight is 422 g/mol. The highest BCUT2D eigenvalue weighted by atomic mass is 32.2. The summed E-state index contributed by atoms with van der Waals surface area (Å²) < 4.78 is 27.4. The maximum atomic E-state index is 13.0. The van der Waals surface area contributed by atoms with Crippen LogP contribution >= 0.6 is 11.3 Å². The van der Waals surface area contributed by atoms with Gasteiger partial charge in [0.2, 0.25) is 11.9 Å². The summed E-state index contributed by atoms with van der Waals surface area (Å²) in [5.41, 5.74) is 0. The van der Waals surface area contributed by atoms with E-state index in [2.05, 4.69) is 14.9 Å². The van der Waals surface area contributed by atoms with Gasteiger partial charge in [-0.3, -0.25) is 4.79 Å². The second kappa shape index (κ2) is 8.14. The van der Waals surface area contributed by atoms with Gasteiger partial charge in [0.05, 0.1) is 5.92 Å². The predicted octanol–water partition coefficient (Wildman–Crippen LogP) is 1.29. The average Bonchev–Trinajstić information content (AvgIpc) is 3.30. The largest absolute Gasteiger partial charge is 0.339 e. The van der Waals surface area contributed by atoms with Gasteiger partial charge in [-0.1, -0.05) is 6.07 Å². The number of thiophene rings is 1. The fourth-order valence-electron chi connectivity index (χ4n) is 3.74. The molecular weight excluding hydrogens is 398 g/mol. The Morgan fingerprint density at radius 3 is 2.50 bits per heavy atom. The molecule has 4 heterocycles. The van der Waals surface area contributed by atoms with E-state index < -0.39 is 10.0 Å². The first-order valence-electron chi connectivity index (χ1n) is 9.40. The van der Waals surface area contributed by atoms with E-state index >= 15 is 0 Å². The van der Waals surface area contributed by atoms with Crippen LogP contribution in [0.5, 0.6) is 0 Å². The molecule has 10 heteroatoms. The molecular formula is C18H23N5O3S2. The van der Waals surface area contributed by atoms with Gasteiger partial charge in [-0.25, -0.2) is 18.4 Å². The molecule has 0 unspecified atom stereocenters. The zero-order chi connectivity index (χ0) is 19.6. The van der Waals surface area contributed by atoms with Gasteiger partial charge < -0.3 is 9.80 Å². The number of nitrogens with zero attached hydrogens (tertiary/aromatic N) is 5. The number of amides is 1. The number of hydrogen-bond acceptors (Lipinski definition) is 7. The standard InChI is InChI=1S/C18H23N5O3S2/c24-17(21-9-11-22(12-10-21)18-19-6-3-7-20-18)15-4-1-8-23(14-15)28(25,26)16-5-2-13-27-16/h2-3,5-7,13,15H,1,4,8-12,14H2/t15-/m1/s1. The van der Waals surface area contributed by atoms with Crippen LogP contribution in [0, 0.1) is 5.92 Å². The summed E-state index contributed by atoms with van der Waals surface area (Å²) in [5, 5.41) is 1.76. The molecule has 0 radical (unpaired) electrons. The second-order valence-electron chi connectivity index (χ2n) is 7.00. The Bertz CT molecular complexity index is 897. The quantitative estimate of drug-likeness (QED) is 0.739. The van der Waals surface area contributed by atoms with Crippen LogP contribution in [-0.4, -0.2) is 72.8 Å². The predicted molar refractivity (Wildman–Crippen MR) is 107 cm³/mol. The third-order valence-electron chi connectivity index (χ3n) is 5.25. The van der Waals surface area contributed by atoms with Crippen molar-refractivity contribution in [2.24, 2.45) is 5.92 Å². The summed E-state index contributed by atoms with van der Waals surface area (Å²) in [6.45, 7) is 3.31. The van der Waals surface area contributed by atoms with Crippen LogP contribution in [-0.2, 0) is 14.8 Å². The van der Waals surface area contributed by atoms with Crippen LogP contribution < -0.4 is 4.90 Å². The molecule has 2 saturated heterocycles. The van der Waals surface area contributed by atoms with Crippen LogP contribution in [0.25, 0.3) is 0 Å². The van der Waals surface area contributed by atoms with Crippen LogP contribution in [0.4, 0.5) is 5.95 Å². The zero-order valence-electron chi connectivity index (χ0n) is 15.5. The van der Waals surface area contributed by atoms with E-state index in [4.69, 9.17) is 0 Å². The number of anilines is 1. The highest BCUT2D eigenvalue weighted by Crippen LogP contribution is 2.27. The number of piperidine rings is 1. The van der Waals surface area contributed by atoms with Crippen molar-refractivity contribution in [3.8, 4) is 0 Å². The van der Waals surface area contributed by atoms with Crippen LogP contribution in [0.15, 0.2) is 40.2 Å². The summed E-state index contributed by atoms with van der Waals surface area (Å²) >= 11 is 1.22. The summed E-state index contributed by atoms with van der Waals surface area (Å²) in [7, 11) is -3.50.